The van der Waals surface area contributed by atoms with Gasteiger partial charge in [0, 0.05) is 16.6 Å². The molecule has 0 aromatic heterocycles. The van der Waals surface area contributed by atoms with Crippen molar-refractivity contribution in [3.05, 3.63) is 33.8 Å². The first-order valence-corrected chi connectivity index (χ1v) is 7.27. The molecule has 0 bridgehead atoms. The quantitative estimate of drug-likeness (QED) is 0.748. The molecule has 0 saturated heterocycles. The molecule has 7 heteroatoms. The maximum absolute atomic E-state index is 11.7. The Morgan fingerprint density at radius 3 is 2.52 bits per heavy atom. The standard InChI is InChI=1S/C14H18Cl2N2O3/c1-3-14(2,12(19)20)18-13(21)17-7-6-9-4-5-10(15)8-11(9)16/h4-5,8H,3,6-7H2,1-2H3,(H,19,20)(H2,17,18,21). The van der Waals surface area contributed by atoms with E-state index >= 15 is 0 Å². The van der Waals surface area contributed by atoms with Crippen molar-refractivity contribution < 1.29 is 14.7 Å². The maximum Gasteiger partial charge on any atom is 0.329 e. The Kier molecular flexibility index (Phi) is 6.30. The van der Waals surface area contributed by atoms with E-state index in [0.717, 1.165) is 5.56 Å². The van der Waals surface area contributed by atoms with Gasteiger partial charge in [-0.15, -0.1) is 0 Å². The molecule has 0 saturated carbocycles. The molecule has 0 aliphatic heterocycles. The molecule has 0 fully saturated rings. The fraction of sp³-hybridized carbons (Fsp3) is 0.429. The molecule has 116 valence electrons. The van der Waals surface area contributed by atoms with Crippen LogP contribution in [-0.4, -0.2) is 29.2 Å². The molecule has 1 rings (SSSR count). The van der Waals surface area contributed by atoms with Crippen LogP contribution in [0.15, 0.2) is 18.2 Å². The lowest BCUT2D eigenvalue weighted by molar-refractivity contribution is -0.143. The van der Waals surface area contributed by atoms with Gasteiger partial charge in [0.15, 0.2) is 0 Å². The fourth-order valence-electron chi connectivity index (χ4n) is 1.62. The van der Waals surface area contributed by atoms with Gasteiger partial charge in [-0.2, -0.15) is 0 Å². The van der Waals surface area contributed by atoms with E-state index in [1.165, 1.54) is 6.92 Å². The average molecular weight is 333 g/mol. The van der Waals surface area contributed by atoms with Crippen LogP contribution in [0, 0.1) is 0 Å². The van der Waals surface area contributed by atoms with Gasteiger partial charge >= 0.3 is 12.0 Å². The van der Waals surface area contributed by atoms with E-state index < -0.39 is 17.5 Å². The first-order valence-electron chi connectivity index (χ1n) is 6.52. The molecule has 0 aliphatic rings. The first kappa shape index (κ1) is 17.6. The molecule has 0 radical (unpaired) electrons. The third kappa shape index (κ3) is 5.10. The molecule has 21 heavy (non-hydrogen) atoms. The summed E-state index contributed by atoms with van der Waals surface area (Å²) in [4.78, 5) is 22.8. The minimum atomic E-state index is -1.28. The Labute approximate surface area is 133 Å². The zero-order valence-corrected chi connectivity index (χ0v) is 13.4. The van der Waals surface area contributed by atoms with Crippen LogP contribution in [0.2, 0.25) is 10.0 Å². The molecule has 0 aliphatic carbocycles. The van der Waals surface area contributed by atoms with Crippen molar-refractivity contribution in [1.82, 2.24) is 10.6 Å². The van der Waals surface area contributed by atoms with Crippen LogP contribution in [0.3, 0.4) is 0 Å². The fourth-order valence-corrected chi connectivity index (χ4v) is 2.13. The van der Waals surface area contributed by atoms with Gasteiger partial charge in [0.1, 0.15) is 5.54 Å². The second-order valence-electron chi connectivity index (χ2n) is 4.86. The maximum atomic E-state index is 11.7. The highest BCUT2D eigenvalue weighted by Gasteiger charge is 2.32. The summed E-state index contributed by atoms with van der Waals surface area (Å²) in [5.41, 5.74) is -0.417. The molecule has 1 unspecified atom stereocenters. The number of hydrogen-bond donors (Lipinski definition) is 3. The van der Waals surface area contributed by atoms with E-state index in [0.29, 0.717) is 29.4 Å². The predicted octanol–water partition coefficient (Wildman–Crippen LogP) is 3.09. The highest BCUT2D eigenvalue weighted by Crippen LogP contribution is 2.21. The smallest absolute Gasteiger partial charge is 0.329 e. The second kappa shape index (κ2) is 7.52. The van der Waals surface area contributed by atoms with Crippen molar-refractivity contribution in [1.29, 1.82) is 0 Å². The van der Waals surface area contributed by atoms with Gasteiger partial charge in [0.2, 0.25) is 0 Å². The monoisotopic (exact) mass is 332 g/mol. The van der Waals surface area contributed by atoms with Gasteiger partial charge in [-0.05, 0) is 37.5 Å². The summed E-state index contributed by atoms with van der Waals surface area (Å²) >= 11 is 11.8. The summed E-state index contributed by atoms with van der Waals surface area (Å²) < 4.78 is 0. The Hall–Kier alpha value is -1.46. The van der Waals surface area contributed by atoms with E-state index in [2.05, 4.69) is 10.6 Å². The minimum Gasteiger partial charge on any atom is -0.480 e. The number of benzene rings is 1. The van der Waals surface area contributed by atoms with E-state index in [9.17, 15) is 9.59 Å². The molecule has 1 aromatic carbocycles. The van der Waals surface area contributed by atoms with Crippen LogP contribution >= 0.6 is 23.2 Å². The summed E-state index contributed by atoms with van der Waals surface area (Å²) in [7, 11) is 0. The Morgan fingerprint density at radius 2 is 2.00 bits per heavy atom. The number of aliphatic carboxylic acids is 1. The Balaban J connectivity index is 2.49. The summed E-state index contributed by atoms with van der Waals surface area (Å²) in [6.45, 7) is 3.50. The number of hydrogen-bond acceptors (Lipinski definition) is 2. The van der Waals surface area contributed by atoms with Gasteiger partial charge in [-0.1, -0.05) is 36.2 Å². The number of nitrogens with one attached hydrogen (secondary N) is 2. The largest absolute Gasteiger partial charge is 0.480 e. The number of amides is 2. The summed E-state index contributed by atoms with van der Waals surface area (Å²) in [5, 5.41) is 15.2. The van der Waals surface area contributed by atoms with Crippen LogP contribution in [0.25, 0.3) is 0 Å². The predicted molar refractivity (Wildman–Crippen MR) is 83.0 cm³/mol. The van der Waals surface area contributed by atoms with Crippen molar-refractivity contribution in [2.45, 2.75) is 32.2 Å². The molecule has 3 N–H and O–H groups in total. The number of urea groups is 1. The molecule has 1 atom stereocenters. The molecule has 5 nitrogen and oxygen atoms in total. The summed E-state index contributed by atoms with van der Waals surface area (Å²) in [6, 6.07) is 4.63. The van der Waals surface area contributed by atoms with Crippen LogP contribution in [0.4, 0.5) is 4.79 Å². The van der Waals surface area contributed by atoms with E-state index in [1.807, 2.05) is 0 Å². The van der Waals surface area contributed by atoms with E-state index in [-0.39, 0.29) is 0 Å². The molecule has 1 aromatic rings. The number of carboxylic acids is 1. The Morgan fingerprint density at radius 1 is 1.33 bits per heavy atom. The zero-order chi connectivity index (χ0) is 16.0. The highest BCUT2D eigenvalue weighted by molar-refractivity contribution is 6.35. The number of carbonyl (C=O) groups excluding carboxylic acids is 1. The van der Waals surface area contributed by atoms with E-state index in [4.69, 9.17) is 28.3 Å². The van der Waals surface area contributed by atoms with Gasteiger partial charge in [0.05, 0.1) is 0 Å². The normalized spacial score (nSPS) is 13.3. The highest BCUT2D eigenvalue weighted by atomic mass is 35.5. The number of halogens is 2. The van der Waals surface area contributed by atoms with Crippen molar-refractivity contribution >= 4 is 35.2 Å². The van der Waals surface area contributed by atoms with E-state index in [1.54, 1.807) is 25.1 Å². The van der Waals surface area contributed by atoms with Crippen molar-refractivity contribution in [3.8, 4) is 0 Å². The van der Waals surface area contributed by atoms with Crippen LogP contribution < -0.4 is 10.6 Å². The SMILES string of the molecule is CCC(C)(NC(=O)NCCc1ccc(Cl)cc1Cl)C(=O)O. The Bertz CT molecular complexity index is 537. The van der Waals surface area contributed by atoms with Crippen molar-refractivity contribution in [2.24, 2.45) is 0 Å². The van der Waals surface area contributed by atoms with Crippen LogP contribution in [0.1, 0.15) is 25.8 Å². The minimum absolute atomic E-state index is 0.290. The summed E-state index contributed by atoms with van der Waals surface area (Å²) in [6.07, 6.45) is 0.818. The van der Waals surface area contributed by atoms with Crippen LogP contribution in [0.5, 0.6) is 0 Å². The average Bonchev–Trinajstić information content (AvgIpc) is 2.40. The molecular weight excluding hydrogens is 315 g/mol. The number of rotatable bonds is 6. The topological polar surface area (TPSA) is 78.4 Å². The van der Waals surface area contributed by atoms with Gasteiger partial charge < -0.3 is 15.7 Å². The lowest BCUT2D eigenvalue weighted by Crippen LogP contribution is -2.55. The van der Waals surface area contributed by atoms with Gasteiger partial charge in [0.25, 0.3) is 0 Å². The molecule has 0 spiro atoms. The number of carbonyl (C=O) groups is 2. The molecular formula is C14H18Cl2N2O3. The number of carboxylic acid groups (broad SMARTS) is 1. The van der Waals surface area contributed by atoms with Gasteiger partial charge in [-0.25, -0.2) is 9.59 Å². The van der Waals surface area contributed by atoms with Crippen molar-refractivity contribution in [2.75, 3.05) is 6.54 Å². The third-order valence-corrected chi connectivity index (χ3v) is 3.85. The summed E-state index contributed by atoms with van der Waals surface area (Å²) in [5.74, 6) is -1.07. The zero-order valence-electron chi connectivity index (χ0n) is 11.9. The lowest BCUT2D eigenvalue weighted by Gasteiger charge is -2.24. The van der Waals surface area contributed by atoms with Crippen LogP contribution in [-0.2, 0) is 11.2 Å². The second-order valence-corrected chi connectivity index (χ2v) is 5.70. The van der Waals surface area contributed by atoms with Gasteiger partial charge in [-0.3, -0.25) is 0 Å². The molecule has 0 heterocycles. The van der Waals surface area contributed by atoms with Crippen molar-refractivity contribution in [3.63, 3.8) is 0 Å². The third-order valence-electron chi connectivity index (χ3n) is 3.26. The molecule has 2 amide bonds. The first-order chi connectivity index (χ1) is 9.78. The lowest BCUT2D eigenvalue weighted by atomic mass is 10.00.